The summed E-state index contributed by atoms with van der Waals surface area (Å²) in [5.74, 6) is 0.170. The summed E-state index contributed by atoms with van der Waals surface area (Å²) >= 11 is 0. The van der Waals surface area contributed by atoms with Gasteiger partial charge in [0.1, 0.15) is 11.8 Å². The van der Waals surface area contributed by atoms with Crippen LogP contribution in [0, 0.1) is 11.3 Å². The van der Waals surface area contributed by atoms with Crippen LogP contribution in [0.2, 0.25) is 0 Å². The molecule has 17 heavy (non-hydrogen) atoms. The Hall–Kier alpha value is -2.16. The van der Waals surface area contributed by atoms with Crippen LogP contribution in [0.25, 0.3) is 0 Å². The lowest BCUT2D eigenvalue weighted by Gasteiger charge is -2.15. The van der Waals surface area contributed by atoms with Crippen molar-refractivity contribution in [2.45, 2.75) is 13.3 Å². The highest BCUT2D eigenvalue weighted by molar-refractivity contribution is 5.70. The lowest BCUT2D eigenvalue weighted by molar-refractivity contribution is -0.142. The van der Waals surface area contributed by atoms with E-state index in [1.807, 2.05) is 6.07 Å². The number of nitriles is 1. The molecule has 1 aromatic rings. The van der Waals surface area contributed by atoms with Gasteiger partial charge in [-0.05, 0) is 13.0 Å². The van der Waals surface area contributed by atoms with Crippen molar-refractivity contribution in [1.29, 1.82) is 5.26 Å². The molecule has 0 N–H and O–H groups in total. The Kier molecular flexibility index (Phi) is 4.88. The number of hydrogen-bond donors (Lipinski definition) is 0. The molecule has 0 saturated heterocycles. The fourth-order valence-corrected chi connectivity index (χ4v) is 1.19. The van der Waals surface area contributed by atoms with E-state index in [0.717, 1.165) is 0 Å². The number of ether oxygens (including phenoxy) is 1. The number of rotatable bonds is 5. The molecule has 1 rings (SSSR count). The second-order valence-electron chi connectivity index (χ2n) is 3.33. The molecule has 0 spiro atoms. The fraction of sp³-hybridized carbons (Fsp3) is 0.455. The quantitative estimate of drug-likeness (QED) is 0.699. The molecule has 1 aromatic heterocycles. The average Bonchev–Trinajstić information content (AvgIpc) is 2.36. The van der Waals surface area contributed by atoms with Gasteiger partial charge in [0.15, 0.2) is 0 Å². The third kappa shape index (κ3) is 4.07. The molecule has 1 heterocycles. The minimum atomic E-state index is -0.254. The summed E-state index contributed by atoms with van der Waals surface area (Å²) < 4.78 is 4.81. The summed E-state index contributed by atoms with van der Waals surface area (Å²) in [5.41, 5.74) is 0.304. The van der Waals surface area contributed by atoms with Crippen molar-refractivity contribution in [2.75, 3.05) is 25.1 Å². The zero-order chi connectivity index (χ0) is 12.7. The third-order valence-electron chi connectivity index (χ3n) is 2.06. The van der Waals surface area contributed by atoms with Crippen LogP contribution in [-0.2, 0) is 9.53 Å². The highest BCUT2D eigenvalue weighted by atomic mass is 16.5. The van der Waals surface area contributed by atoms with Gasteiger partial charge < -0.3 is 9.64 Å². The summed E-state index contributed by atoms with van der Waals surface area (Å²) in [6.45, 7) is 2.60. The van der Waals surface area contributed by atoms with E-state index >= 15 is 0 Å². The number of carbonyl (C=O) groups is 1. The largest absolute Gasteiger partial charge is 0.466 e. The monoisotopic (exact) mass is 234 g/mol. The second-order valence-corrected chi connectivity index (χ2v) is 3.33. The standard InChI is InChI=1S/C11H14N4O2/c1-3-17-10(16)5-7-15(2)11-13-6-4-9(8-12)14-11/h4,6H,3,5,7H2,1-2H3. The van der Waals surface area contributed by atoms with Gasteiger partial charge in [-0.1, -0.05) is 0 Å². The summed E-state index contributed by atoms with van der Waals surface area (Å²) in [6.07, 6.45) is 1.78. The first-order chi connectivity index (χ1) is 8.17. The van der Waals surface area contributed by atoms with Crippen LogP contribution >= 0.6 is 0 Å². The fourth-order valence-electron chi connectivity index (χ4n) is 1.19. The van der Waals surface area contributed by atoms with Crippen LogP contribution < -0.4 is 4.90 Å². The van der Waals surface area contributed by atoms with Gasteiger partial charge in [0.25, 0.3) is 0 Å². The van der Waals surface area contributed by atoms with Gasteiger partial charge in [-0.15, -0.1) is 0 Å². The van der Waals surface area contributed by atoms with Crippen LogP contribution in [0.1, 0.15) is 19.0 Å². The minimum Gasteiger partial charge on any atom is -0.466 e. The summed E-state index contributed by atoms with van der Waals surface area (Å²) in [5, 5.41) is 8.70. The van der Waals surface area contributed by atoms with E-state index in [9.17, 15) is 4.79 Å². The Morgan fingerprint density at radius 2 is 2.41 bits per heavy atom. The first-order valence-corrected chi connectivity index (χ1v) is 5.27. The highest BCUT2D eigenvalue weighted by Crippen LogP contribution is 2.05. The van der Waals surface area contributed by atoms with Crippen molar-refractivity contribution >= 4 is 11.9 Å². The van der Waals surface area contributed by atoms with Crippen molar-refractivity contribution in [3.63, 3.8) is 0 Å². The van der Waals surface area contributed by atoms with Crippen molar-refractivity contribution in [3.8, 4) is 6.07 Å². The Morgan fingerprint density at radius 3 is 3.06 bits per heavy atom. The summed E-state index contributed by atoms with van der Waals surface area (Å²) in [7, 11) is 1.76. The molecular formula is C11H14N4O2. The Balaban J connectivity index is 2.55. The maximum absolute atomic E-state index is 11.2. The first-order valence-electron chi connectivity index (χ1n) is 5.27. The number of anilines is 1. The average molecular weight is 234 g/mol. The Labute approximate surface area is 99.9 Å². The molecule has 0 radical (unpaired) electrons. The molecule has 6 nitrogen and oxygen atoms in total. The summed E-state index contributed by atoms with van der Waals surface area (Å²) in [6, 6.07) is 3.47. The molecule has 0 aromatic carbocycles. The molecule has 0 bridgehead atoms. The van der Waals surface area contributed by atoms with Crippen LogP contribution in [0.4, 0.5) is 5.95 Å². The molecular weight excluding hydrogens is 220 g/mol. The maximum Gasteiger partial charge on any atom is 0.307 e. The van der Waals surface area contributed by atoms with Crippen LogP contribution in [0.5, 0.6) is 0 Å². The highest BCUT2D eigenvalue weighted by Gasteiger charge is 2.08. The lowest BCUT2D eigenvalue weighted by Crippen LogP contribution is -2.24. The van der Waals surface area contributed by atoms with E-state index in [2.05, 4.69) is 9.97 Å². The van der Waals surface area contributed by atoms with E-state index in [4.69, 9.17) is 10.00 Å². The smallest absolute Gasteiger partial charge is 0.307 e. The minimum absolute atomic E-state index is 0.254. The normalized spacial score (nSPS) is 9.47. The van der Waals surface area contributed by atoms with E-state index in [-0.39, 0.29) is 12.4 Å². The molecule has 0 unspecified atom stereocenters. The van der Waals surface area contributed by atoms with Crippen molar-refractivity contribution in [3.05, 3.63) is 18.0 Å². The molecule has 0 aliphatic heterocycles. The van der Waals surface area contributed by atoms with Gasteiger partial charge >= 0.3 is 5.97 Å². The SMILES string of the molecule is CCOC(=O)CCN(C)c1nccc(C#N)n1. The van der Waals surface area contributed by atoms with E-state index in [1.165, 1.54) is 12.3 Å². The van der Waals surface area contributed by atoms with Gasteiger partial charge in [-0.2, -0.15) is 5.26 Å². The molecule has 0 amide bonds. The molecule has 0 aliphatic carbocycles. The van der Waals surface area contributed by atoms with Gasteiger partial charge in [-0.3, -0.25) is 4.79 Å². The van der Waals surface area contributed by atoms with Gasteiger partial charge in [0.2, 0.25) is 5.95 Å². The van der Waals surface area contributed by atoms with Crippen molar-refractivity contribution in [2.24, 2.45) is 0 Å². The number of hydrogen-bond acceptors (Lipinski definition) is 6. The summed E-state index contributed by atoms with van der Waals surface area (Å²) in [4.78, 5) is 20.9. The van der Waals surface area contributed by atoms with Gasteiger partial charge in [0.05, 0.1) is 13.0 Å². The topological polar surface area (TPSA) is 79.1 Å². The second kappa shape index (κ2) is 6.43. The predicted molar refractivity (Wildman–Crippen MR) is 61.3 cm³/mol. The van der Waals surface area contributed by atoms with Gasteiger partial charge in [0, 0.05) is 19.8 Å². The molecule has 6 heteroatoms. The van der Waals surface area contributed by atoms with E-state index in [1.54, 1.807) is 18.9 Å². The van der Waals surface area contributed by atoms with Crippen molar-refractivity contribution in [1.82, 2.24) is 9.97 Å². The number of aromatic nitrogens is 2. The Morgan fingerprint density at radius 1 is 1.65 bits per heavy atom. The molecule has 0 aliphatic rings. The number of carbonyl (C=O) groups excluding carboxylic acids is 1. The van der Waals surface area contributed by atoms with Crippen molar-refractivity contribution < 1.29 is 9.53 Å². The predicted octanol–water partition coefficient (Wildman–Crippen LogP) is 0.738. The number of esters is 1. The van der Waals surface area contributed by atoms with E-state index in [0.29, 0.717) is 24.8 Å². The number of nitrogens with zero attached hydrogens (tertiary/aromatic N) is 4. The van der Waals surface area contributed by atoms with E-state index < -0.39 is 0 Å². The maximum atomic E-state index is 11.2. The third-order valence-corrected chi connectivity index (χ3v) is 2.06. The zero-order valence-corrected chi connectivity index (χ0v) is 9.88. The first kappa shape index (κ1) is 12.9. The van der Waals surface area contributed by atoms with Crippen LogP contribution in [0.3, 0.4) is 0 Å². The lowest BCUT2D eigenvalue weighted by atomic mass is 10.4. The van der Waals surface area contributed by atoms with Gasteiger partial charge in [-0.25, -0.2) is 9.97 Å². The molecule has 0 atom stereocenters. The van der Waals surface area contributed by atoms with Crippen LogP contribution in [0.15, 0.2) is 12.3 Å². The molecule has 90 valence electrons. The molecule has 0 fully saturated rings. The van der Waals surface area contributed by atoms with Crippen LogP contribution in [-0.4, -0.2) is 36.1 Å². The zero-order valence-electron chi connectivity index (χ0n) is 9.88. The Bertz CT molecular complexity index is 428. The molecule has 0 saturated carbocycles.